The Morgan fingerprint density at radius 3 is 2.20 bits per heavy atom. The van der Waals surface area contributed by atoms with Gasteiger partial charge in [-0.3, -0.25) is 0 Å². The molecule has 1 aromatic carbocycles. The zero-order valence-electron chi connectivity index (χ0n) is 20.8. The zero-order chi connectivity index (χ0) is 25.4. The lowest BCUT2D eigenvalue weighted by molar-refractivity contribution is 0.0565. The molecule has 0 bridgehead atoms. The molecule has 0 unspecified atom stereocenters. The molecule has 0 spiro atoms. The van der Waals surface area contributed by atoms with Crippen LogP contribution in [0.4, 0.5) is 10.6 Å². The van der Waals surface area contributed by atoms with Crippen LogP contribution >= 0.6 is 0 Å². The molecule has 1 saturated carbocycles. The van der Waals surface area contributed by atoms with Crippen LogP contribution in [-0.2, 0) is 14.9 Å². The molecule has 12 heteroatoms. The van der Waals surface area contributed by atoms with Crippen molar-refractivity contribution in [2.45, 2.75) is 64.1 Å². The second-order valence-corrected chi connectivity index (χ2v) is 11.4. The van der Waals surface area contributed by atoms with E-state index >= 15 is 0 Å². The quantitative estimate of drug-likeness (QED) is 0.602. The molecule has 1 aliphatic carbocycles. The molecule has 35 heavy (non-hydrogen) atoms. The second kappa shape index (κ2) is 9.65. The molecule has 4 rings (SSSR count). The summed E-state index contributed by atoms with van der Waals surface area (Å²) in [4.78, 5) is 23.2. The molecule has 11 nitrogen and oxygen atoms in total. The molecule has 1 aliphatic heterocycles. The van der Waals surface area contributed by atoms with E-state index in [-0.39, 0.29) is 12.1 Å². The average molecular weight is 508 g/mol. The summed E-state index contributed by atoms with van der Waals surface area (Å²) in [6, 6.07) is 3.36. The molecule has 2 aliphatic rings. The van der Waals surface area contributed by atoms with Crippen LogP contribution in [0.1, 0.15) is 46.5 Å². The second-order valence-electron chi connectivity index (χ2n) is 9.81. The van der Waals surface area contributed by atoms with Gasteiger partial charge in [-0.05, 0) is 52.5 Å². The summed E-state index contributed by atoms with van der Waals surface area (Å²) in [7, 11) is -0.872. The predicted molar refractivity (Wildman–Crippen MR) is 131 cm³/mol. The average Bonchev–Trinajstić information content (AvgIpc) is 3.61. The van der Waals surface area contributed by atoms with Gasteiger partial charge in [-0.1, -0.05) is 0 Å². The highest BCUT2D eigenvalue weighted by molar-refractivity contribution is 7.87. The first-order valence-corrected chi connectivity index (χ1v) is 13.1. The van der Waals surface area contributed by atoms with E-state index in [4.69, 9.17) is 14.2 Å². The van der Waals surface area contributed by atoms with Gasteiger partial charge in [0.1, 0.15) is 17.7 Å². The van der Waals surface area contributed by atoms with Gasteiger partial charge in [0, 0.05) is 36.6 Å². The number of carbonyl (C=O) groups excluding carboxylic acids is 1. The highest BCUT2D eigenvalue weighted by Crippen LogP contribution is 2.37. The van der Waals surface area contributed by atoms with Gasteiger partial charge in [-0.25, -0.2) is 19.5 Å². The number of rotatable bonds is 7. The van der Waals surface area contributed by atoms with Crippen molar-refractivity contribution in [1.82, 2.24) is 19.0 Å². The minimum Gasteiger partial charge on any atom is -0.493 e. The van der Waals surface area contributed by atoms with Gasteiger partial charge >= 0.3 is 16.3 Å². The van der Waals surface area contributed by atoms with Crippen molar-refractivity contribution >= 4 is 33.0 Å². The number of fused-ring (bicyclic) bond motifs is 1. The van der Waals surface area contributed by atoms with E-state index in [1.54, 1.807) is 35.0 Å². The van der Waals surface area contributed by atoms with Crippen LogP contribution in [-0.4, -0.2) is 73.8 Å². The molecule has 1 N–H and O–H groups in total. The number of piperidine rings is 1. The number of nitrogens with one attached hydrogen (secondary N) is 1. The fourth-order valence-electron chi connectivity index (χ4n) is 4.43. The maximum atomic E-state index is 13.1. The maximum absolute atomic E-state index is 13.1. The van der Waals surface area contributed by atoms with E-state index in [0.717, 1.165) is 29.6 Å². The monoisotopic (exact) mass is 507 g/mol. The van der Waals surface area contributed by atoms with Crippen molar-refractivity contribution in [3.05, 3.63) is 18.5 Å². The fourth-order valence-corrected chi connectivity index (χ4v) is 5.99. The third-order valence-electron chi connectivity index (χ3n) is 6.04. The Kier molecular flexibility index (Phi) is 6.96. The fraction of sp³-hybridized carbons (Fsp3) is 0.609. The van der Waals surface area contributed by atoms with Crippen molar-refractivity contribution < 1.29 is 27.4 Å². The summed E-state index contributed by atoms with van der Waals surface area (Å²) >= 11 is 0. The Labute approximate surface area is 205 Å². The summed E-state index contributed by atoms with van der Waals surface area (Å²) < 4.78 is 45.8. The number of hydrogen-bond donors (Lipinski definition) is 1. The van der Waals surface area contributed by atoms with Crippen LogP contribution in [0.2, 0.25) is 0 Å². The first-order chi connectivity index (χ1) is 16.5. The van der Waals surface area contributed by atoms with E-state index in [9.17, 15) is 13.2 Å². The van der Waals surface area contributed by atoms with Gasteiger partial charge in [-0.15, -0.1) is 0 Å². The molecule has 1 amide bonds. The first kappa shape index (κ1) is 25.2. The lowest BCUT2D eigenvalue weighted by Gasteiger charge is -2.38. The lowest BCUT2D eigenvalue weighted by Crippen LogP contribution is -2.53. The molecular formula is C23H33N5O6S. The predicted octanol–water partition coefficient (Wildman–Crippen LogP) is 2.85. The van der Waals surface area contributed by atoms with E-state index < -0.39 is 21.9 Å². The summed E-state index contributed by atoms with van der Waals surface area (Å²) in [5.41, 5.74) is -0.0546. The van der Waals surface area contributed by atoms with Crippen molar-refractivity contribution in [3.63, 3.8) is 0 Å². The molecular weight excluding hydrogens is 474 g/mol. The standard InChI is InChI=1S/C23H33N5O6S/c1-23(2,3)34-22(29)26-35(30,31)28(15-6-7-15)16-8-10-27(11-9-16)21-17-12-19(32-4)20(33-5)13-18(17)24-14-25-21/h12-16H,6-11H2,1-5H3,(H,26,29). The highest BCUT2D eigenvalue weighted by atomic mass is 32.2. The number of ether oxygens (including phenoxy) is 3. The minimum absolute atomic E-state index is 0.0944. The minimum atomic E-state index is -4.03. The van der Waals surface area contributed by atoms with Crippen molar-refractivity contribution in [2.75, 3.05) is 32.2 Å². The summed E-state index contributed by atoms with van der Waals surface area (Å²) in [6.45, 7) is 6.29. The van der Waals surface area contributed by atoms with E-state index in [1.807, 2.05) is 12.1 Å². The largest absolute Gasteiger partial charge is 0.493 e. The lowest BCUT2D eigenvalue weighted by atomic mass is 10.0. The number of aromatic nitrogens is 2. The molecule has 2 heterocycles. The zero-order valence-corrected chi connectivity index (χ0v) is 21.6. The van der Waals surface area contributed by atoms with Crippen LogP contribution in [0.15, 0.2) is 18.5 Å². The Hall–Kier alpha value is -2.86. The van der Waals surface area contributed by atoms with E-state index in [2.05, 4.69) is 19.6 Å². The molecule has 192 valence electrons. The highest BCUT2D eigenvalue weighted by Gasteiger charge is 2.44. The number of nitrogens with zero attached hydrogens (tertiary/aromatic N) is 4. The smallest absolute Gasteiger partial charge is 0.422 e. The molecule has 2 fully saturated rings. The number of carbonyl (C=O) groups is 1. The van der Waals surface area contributed by atoms with Gasteiger partial charge < -0.3 is 19.1 Å². The van der Waals surface area contributed by atoms with Crippen molar-refractivity contribution in [2.24, 2.45) is 0 Å². The van der Waals surface area contributed by atoms with Gasteiger partial charge in [-0.2, -0.15) is 12.7 Å². The first-order valence-electron chi connectivity index (χ1n) is 11.7. The van der Waals surface area contributed by atoms with Crippen LogP contribution in [0.3, 0.4) is 0 Å². The number of anilines is 1. The Bertz CT molecular complexity index is 1190. The van der Waals surface area contributed by atoms with Crippen LogP contribution in [0.5, 0.6) is 11.5 Å². The molecule has 2 aromatic rings. The van der Waals surface area contributed by atoms with Crippen LogP contribution < -0.4 is 19.1 Å². The van der Waals surface area contributed by atoms with Gasteiger partial charge in [0.25, 0.3) is 0 Å². The van der Waals surface area contributed by atoms with Gasteiger partial charge in [0.05, 0.1) is 19.7 Å². The van der Waals surface area contributed by atoms with Crippen molar-refractivity contribution in [3.8, 4) is 11.5 Å². The third-order valence-corrected chi connectivity index (χ3v) is 7.62. The Morgan fingerprint density at radius 1 is 1.03 bits per heavy atom. The number of benzene rings is 1. The molecule has 1 saturated heterocycles. The summed E-state index contributed by atoms with van der Waals surface area (Å²) in [5.74, 6) is 1.94. The van der Waals surface area contributed by atoms with E-state index in [1.165, 1.54) is 10.6 Å². The molecule has 0 radical (unpaired) electrons. The summed E-state index contributed by atoms with van der Waals surface area (Å²) in [5, 5.41) is 0.835. The molecule has 1 aromatic heterocycles. The number of methoxy groups -OCH3 is 2. The topological polar surface area (TPSA) is 123 Å². The van der Waals surface area contributed by atoms with Gasteiger partial charge in [0.2, 0.25) is 0 Å². The van der Waals surface area contributed by atoms with Crippen molar-refractivity contribution in [1.29, 1.82) is 0 Å². The summed E-state index contributed by atoms with van der Waals surface area (Å²) in [6.07, 6.45) is 3.33. The van der Waals surface area contributed by atoms with E-state index in [0.29, 0.717) is 37.4 Å². The third kappa shape index (κ3) is 5.69. The van der Waals surface area contributed by atoms with Gasteiger partial charge in [0.15, 0.2) is 11.5 Å². The van der Waals surface area contributed by atoms with Crippen LogP contribution in [0, 0.1) is 0 Å². The SMILES string of the molecule is COc1cc2ncnc(N3CCC(N(C4CC4)S(=O)(=O)NC(=O)OC(C)(C)C)CC3)c2cc1OC. The Balaban J connectivity index is 1.50. The molecule has 0 atom stereocenters. The Morgan fingerprint density at radius 2 is 1.63 bits per heavy atom. The van der Waals surface area contributed by atoms with Crippen LogP contribution in [0.25, 0.3) is 10.9 Å². The number of amides is 1. The maximum Gasteiger partial charge on any atom is 0.422 e. The number of hydrogen-bond acceptors (Lipinski definition) is 9. The normalized spacial score (nSPS) is 17.5.